The lowest BCUT2D eigenvalue weighted by atomic mass is 10.0. The Hall–Kier alpha value is -3.68. The number of carbonyl (C=O) groups excluding carboxylic acids is 1. The van der Waals surface area contributed by atoms with Crippen LogP contribution in [0.25, 0.3) is 21.7 Å². The summed E-state index contributed by atoms with van der Waals surface area (Å²) in [5.41, 5.74) is 6.06. The highest BCUT2D eigenvalue weighted by Gasteiger charge is 2.18. The fraction of sp³-hybridized carbons (Fsp3) is 0.0800. The summed E-state index contributed by atoms with van der Waals surface area (Å²) in [6, 6.07) is 19.6. The molecule has 0 radical (unpaired) electrons. The van der Waals surface area contributed by atoms with Crippen molar-refractivity contribution in [3.05, 3.63) is 89.2 Å². The Morgan fingerprint density at radius 3 is 2.53 bits per heavy atom. The molecular formula is C25H18FN3O2S. The van der Waals surface area contributed by atoms with Crippen molar-refractivity contribution in [2.45, 2.75) is 13.0 Å². The molecule has 32 heavy (non-hydrogen) atoms. The van der Waals surface area contributed by atoms with E-state index in [0.29, 0.717) is 22.8 Å². The van der Waals surface area contributed by atoms with Gasteiger partial charge in [0.25, 0.3) is 0 Å². The first-order chi connectivity index (χ1) is 15.6. The van der Waals surface area contributed by atoms with Gasteiger partial charge in [-0.25, -0.2) is 9.37 Å². The predicted molar refractivity (Wildman–Crippen MR) is 125 cm³/mol. The van der Waals surface area contributed by atoms with Crippen LogP contribution in [0.2, 0.25) is 0 Å². The topological polar surface area (TPSA) is 74.6 Å². The Morgan fingerprint density at radius 2 is 1.75 bits per heavy atom. The van der Waals surface area contributed by atoms with Gasteiger partial charge in [0.1, 0.15) is 10.8 Å². The first kappa shape index (κ1) is 20.2. The number of nitrogens with zero attached hydrogens (tertiary/aromatic N) is 2. The number of aromatic nitrogens is 1. The molecule has 7 heteroatoms. The molecule has 5 nitrogen and oxygen atoms in total. The van der Waals surface area contributed by atoms with Crippen LogP contribution in [0.4, 0.5) is 15.8 Å². The van der Waals surface area contributed by atoms with E-state index in [1.807, 2.05) is 47.8 Å². The number of carbonyl (C=O) groups is 1. The van der Waals surface area contributed by atoms with Gasteiger partial charge in [-0.05, 0) is 47.0 Å². The summed E-state index contributed by atoms with van der Waals surface area (Å²) < 4.78 is 13.3. The number of nitrogens with one attached hydrogen (secondary N) is 1. The van der Waals surface area contributed by atoms with Gasteiger partial charge >= 0.3 is 0 Å². The number of amides is 1. The van der Waals surface area contributed by atoms with Gasteiger partial charge in [0.2, 0.25) is 5.91 Å². The Kier molecular flexibility index (Phi) is 5.34. The van der Waals surface area contributed by atoms with Crippen LogP contribution in [0.5, 0.6) is 0 Å². The first-order valence-corrected chi connectivity index (χ1v) is 10.9. The molecule has 1 aliphatic rings. The maximum Gasteiger partial charge on any atom is 0.230 e. The van der Waals surface area contributed by atoms with E-state index in [-0.39, 0.29) is 24.8 Å². The van der Waals surface area contributed by atoms with Crippen molar-refractivity contribution >= 4 is 34.3 Å². The SMILES string of the molecule is O=C1CC(c2cccc(-c3nc(CO)cs3)c2)=Nc2ccc(-c3ccc(F)cc3)cc2N1. The highest BCUT2D eigenvalue weighted by Crippen LogP contribution is 2.34. The number of benzene rings is 3. The molecule has 5 rings (SSSR count). The van der Waals surface area contributed by atoms with Crippen LogP contribution in [-0.2, 0) is 11.4 Å². The van der Waals surface area contributed by atoms with Crippen LogP contribution < -0.4 is 5.32 Å². The Morgan fingerprint density at radius 1 is 0.969 bits per heavy atom. The summed E-state index contributed by atoms with van der Waals surface area (Å²) in [4.78, 5) is 21.8. The lowest BCUT2D eigenvalue weighted by Gasteiger charge is -2.08. The van der Waals surface area contributed by atoms with E-state index in [1.165, 1.54) is 23.5 Å². The number of fused-ring (bicyclic) bond motifs is 1. The standard InChI is InChI=1S/C25H18FN3O2S/c26-19-7-4-15(5-8-19)16-6-9-21-23(11-16)29-24(31)12-22(28-21)17-2-1-3-18(10-17)25-27-20(13-30)14-32-25/h1-11,14,30H,12-13H2,(H,29,31). The zero-order chi connectivity index (χ0) is 22.1. The zero-order valence-corrected chi connectivity index (χ0v) is 17.7. The molecule has 1 aromatic heterocycles. The molecule has 0 saturated carbocycles. The number of thiazole rings is 1. The minimum Gasteiger partial charge on any atom is -0.390 e. The third-order valence-electron chi connectivity index (χ3n) is 5.19. The first-order valence-electron chi connectivity index (χ1n) is 10.0. The molecule has 0 saturated heterocycles. The monoisotopic (exact) mass is 443 g/mol. The van der Waals surface area contributed by atoms with Gasteiger partial charge in [-0.15, -0.1) is 11.3 Å². The molecule has 0 spiro atoms. The second-order valence-corrected chi connectivity index (χ2v) is 8.26. The number of aliphatic hydroxyl groups excluding tert-OH is 1. The van der Waals surface area contributed by atoms with Crippen molar-refractivity contribution in [1.82, 2.24) is 4.98 Å². The quantitative estimate of drug-likeness (QED) is 0.433. The molecule has 4 aromatic rings. The molecule has 0 aliphatic carbocycles. The molecule has 2 heterocycles. The van der Waals surface area contributed by atoms with Gasteiger partial charge in [-0.3, -0.25) is 9.79 Å². The third-order valence-corrected chi connectivity index (χ3v) is 6.13. The van der Waals surface area contributed by atoms with E-state index in [2.05, 4.69) is 10.3 Å². The lowest BCUT2D eigenvalue weighted by Crippen LogP contribution is -2.15. The van der Waals surface area contributed by atoms with Crippen LogP contribution in [0.15, 0.2) is 77.1 Å². The largest absolute Gasteiger partial charge is 0.390 e. The maximum atomic E-state index is 13.3. The molecule has 1 aliphatic heterocycles. The molecule has 1 amide bonds. The Balaban J connectivity index is 1.51. The van der Waals surface area contributed by atoms with Crippen molar-refractivity contribution in [2.75, 3.05) is 5.32 Å². The number of anilines is 1. The molecule has 0 unspecified atom stereocenters. The van der Waals surface area contributed by atoms with E-state index in [4.69, 9.17) is 4.99 Å². The molecule has 0 atom stereocenters. The summed E-state index contributed by atoms with van der Waals surface area (Å²) in [6.07, 6.45) is 0.143. The van der Waals surface area contributed by atoms with Gasteiger partial charge in [0, 0.05) is 10.9 Å². The number of rotatable bonds is 4. The number of hydrogen-bond acceptors (Lipinski definition) is 5. The van der Waals surface area contributed by atoms with Crippen molar-refractivity contribution in [1.29, 1.82) is 0 Å². The highest BCUT2D eigenvalue weighted by molar-refractivity contribution is 7.13. The minimum absolute atomic E-state index is 0.0975. The molecule has 2 N–H and O–H groups in total. The van der Waals surface area contributed by atoms with Gasteiger partial charge in [-0.1, -0.05) is 36.4 Å². The summed E-state index contributed by atoms with van der Waals surface area (Å²) in [7, 11) is 0. The average molecular weight is 444 g/mol. The van der Waals surface area contributed by atoms with Crippen LogP contribution >= 0.6 is 11.3 Å². The van der Waals surface area contributed by atoms with Gasteiger partial charge in [-0.2, -0.15) is 0 Å². The van der Waals surface area contributed by atoms with E-state index < -0.39 is 0 Å². The molecule has 0 fully saturated rings. The van der Waals surface area contributed by atoms with Crippen LogP contribution in [0, 0.1) is 5.82 Å². The fourth-order valence-corrected chi connectivity index (χ4v) is 4.41. The smallest absolute Gasteiger partial charge is 0.230 e. The van der Waals surface area contributed by atoms with Crippen LogP contribution in [-0.4, -0.2) is 21.7 Å². The van der Waals surface area contributed by atoms with E-state index >= 15 is 0 Å². The fourth-order valence-electron chi connectivity index (χ4n) is 3.60. The summed E-state index contributed by atoms with van der Waals surface area (Å²) in [6.45, 7) is -0.0975. The Bertz CT molecular complexity index is 1350. The van der Waals surface area contributed by atoms with Crippen molar-refractivity contribution in [2.24, 2.45) is 4.99 Å². The van der Waals surface area contributed by atoms with E-state index in [9.17, 15) is 14.3 Å². The molecule has 158 valence electrons. The van der Waals surface area contributed by atoms with Gasteiger partial charge in [0.15, 0.2) is 0 Å². The average Bonchev–Trinajstić information content (AvgIpc) is 3.23. The summed E-state index contributed by atoms with van der Waals surface area (Å²) >= 11 is 1.46. The zero-order valence-electron chi connectivity index (χ0n) is 16.9. The lowest BCUT2D eigenvalue weighted by molar-refractivity contribution is -0.115. The van der Waals surface area contributed by atoms with E-state index in [0.717, 1.165) is 27.3 Å². The molecule has 0 bridgehead atoms. The van der Waals surface area contributed by atoms with Crippen molar-refractivity contribution < 1.29 is 14.3 Å². The molecule has 3 aromatic carbocycles. The number of aliphatic imine (C=N–C) groups is 1. The normalized spacial score (nSPS) is 13.2. The summed E-state index contributed by atoms with van der Waals surface area (Å²) in [5, 5.41) is 14.8. The number of halogens is 1. The second-order valence-electron chi connectivity index (χ2n) is 7.41. The second kappa shape index (κ2) is 8.45. The minimum atomic E-state index is -0.293. The van der Waals surface area contributed by atoms with Gasteiger partial charge < -0.3 is 10.4 Å². The number of aliphatic hydroxyl groups is 1. The van der Waals surface area contributed by atoms with Crippen molar-refractivity contribution in [3.63, 3.8) is 0 Å². The molecular weight excluding hydrogens is 425 g/mol. The number of hydrogen-bond donors (Lipinski definition) is 2. The van der Waals surface area contributed by atoms with Gasteiger partial charge in [0.05, 0.1) is 35.8 Å². The Labute approximate surface area is 187 Å². The van der Waals surface area contributed by atoms with Crippen LogP contribution in [0.1, 0.15) is 17.7 Å². The maximum absolute atomic E-state index is 13.3. The van der Waals surface area contributed by atoms with Crippen molar-refractivity contribution in [3.8, 4) is 21.7 Å². The van der Waals surface area contributed by atoms with E-state index in [1.54, 1.807) is 12.1 Å². The summed E-state index contributed by atoms with van der Waals surface area (Å²) in [5.74, 6) is -0.445. The predicted octanol–water partition coefficient (Wildman–Crippen LogP) is 5.57. The van der Waals surface area contributed by atoms with Crippen LogP contribution in [0.3, 0.4) is 0 Å². The third kappa shape index (κ3) is 4.08. The highest BCUT2D eigenvalue weighted by atomic mass is 32.1.